The maximum atomic E-state index is 14.1. The number of anilines is 1. The molecule has 0 bridgehead atoms. The van der Waals surface area contributed by atoms with E-state index in [-0.39, 0.29) is 29.2 Å². The van der Waals surface area contributed by atoms with Gasteiger partial charge in [0.2, 0.25) is 5.60 Å². The van der Waals surface area contributed by atoms with Crippen molar-refractivity contribution < 1.29 is 38.1 Å². The van der Waals surface area contributed by atoms with Crippen molar-refractivity contribution in [2.45, 2.75) is 109 Å². The van der Waals surface area contributed by atoms with Crippen LogP contribution >= 0.6 is 0 Å². The molecule has 2 aliphatic rings. The summed E-state index contributed by atoms with van der Waals surface area (Å²) in [5.74, 6) is -0.392. The average Bonchev–Trinajstić information content (AvgIpc) is 3.70. The monoisotopic (exact) mass is 918 g/mol. The fourth-order valence-electron chi connectivity index (χ4n) is 7.89. The van der Waals surface area contributed by atoms with Crippen molar-refractivity contribution in [3.8, 4) is 5.75 Å². The van der Waals surface area contributed by atoms with Crippen LogP contribution in [0.25, 0.3) is 6.08 Å². The SMILES string of the molecule is CN1CCC(OC(=O)C(O)(c2ccccc2)c2cccc(C(=O)NCCCCN(CC(O[Si](C)(C)C(C)(C)C)c3ccc(OCc4ccccc4)c4c3C=CCN4)C(=O)OC(C)(C)C)c2)C1. The first kappa shape index (κ1) is 50.0. The van der Waals surface area contributed by atoms with Crippen LogP contribution in [-0.4, -0.2) is 99.2 Å². The molecule has 66 heavy (non-hydrogen) atoms. The molecule has 6 rings (SSSR count). The summed E-state index contributed by atoms with van der Waals surface area (Å²) < 4.78 is 25.5. The Balaban J connectivity index is 1.18. The predicted molar refractivity (Wildman–Crippen MR) is 263 cm³/mol. The van der Waals surface area contributed by atoms with Gasteiger partial charge in [0.05, 0.1) is 18.3 Å². The lowest BCUT2D eigenvalue weighted by Gasteiger charge is -2.41. The standard InChI is InChI=1S/C53H70N4O8Si/c1-51(2,3)64-50(60)57(36-46(65-66(8,9)52(4,5)6)43-27-28-45(47-44(43)26-19-31-54-47)62-37-38-20-12-10-13-21-38)32-17-16-30-55-48(58)39-22-18-25-41(34-39)53(61,40-23-14-11-15-24-40)49(59)63-42-29-33-56(7)35-42/h10-15,18-28,34,42,46,54,61H,16-17,29-33,35-37H2,1-9H3,(H,55,58). The highest BCUT2D eigenvalue weighted by molar-refractivity contribution is 6.74. The second-order valence-corrected chi connectivity index (χ2v) is 24.7. The molecule has 2 heterocycles. The fourth-order valence-corrected chi connectivity index (χ4v) is 9.16. The molecule has 0 saturated carbocycles. The highest BCUT2D eigenvalue weighted by atomic mass is 28.4. The van der Waals surface area contributed by atoms with Crippen LogP contribution in [-0.2, 0) is 30.9 Å². The first-order valence-electron chi connectivity index (χ1n) is 23.2. The minimum Gasteiger partial charge on any atom is -0.487 e. The Morgan fingerprint density at radius 1 is 0.909 bits per heavy atom. The number of nitrogens with zero attached hydrogens (tertiary/aromatic N) is 2. The van der Waals surface area contributed by atoms with Gasteiger partial charge < -0.3 is 44.2 Å². The predicted octanol–water partition coefficient (Wildman–Crippen LogP) is 9.70. The average molecular weight is 919 g/mol. The van der Waals surface area contributed by atoms with Crippen LogP contribution in [0.15, 0.2) is 103 Å². The number of ether oxygens (including phenoxy) is 3. The summed E-state index contributed by atoms with van der Waals surface area (Å²) in [7, 11) is -0.442. The Morgan fingerprint density at radius 2 is 1.61 bits per heavy atom. The molecule has 354 valence electrons. The molecule has 3 unspecified atom stereocenters. The van der Waals surface area contributed by atoms with Crippen molar-refractivity contribution in [3.05, 3.63) is 137 Å². The second kappa shape index (κ2) is 21.4. The van der Waals surface area contributed by atoms with E-state index >= 15 is 0 Å². The molecule has 1 fully saturated rings. The smallest absolute Gasteiger partial charge is 0.410 e. The molecule has 1 saturated heterocycles. The van der Waals surface area contributed by atoms with E-state index in [1.54, 1.807) is 53.4 Å². The van der Waals surface area contributed by atoms with Crippen molar-refractivity contribution in [1.82, 2.24) is 15.1 Å². The van der Waals surface area contributed by atoms with E-state index in [2.05, 4.69) is 67.6 Å². The van der Waals surface area contributed by atoms with E-state index in [0.29, 0.717) is 63.2 Å². The summed E-state index contributed by atoms with van der Waals surface area (Å²) in [4.78, 5) is 45.3. The number of esters is 1. The number of amides is 2. The molecule has 0 radical (unpaired) electrons. The largest absolute Gasteiger partial charge is 0.487 e. The van der Waals surface area contributed by atoms with Crippen LogP contribution in [0.4, 0.5) is 10.5 Å². The molecule has 0 aromatic heterocycles. The van der Waals surface area contributed by atoms with Crippen molar-refractivity contribution in [3.63, 3.8) is 0 Å². The number of carbonyl (C=O) groups excluding carboxylic acids is 3. The lowest BCUT2D eigenvalue weighted by atomic mass is 9.85. The van der Waals surface area contributed by atoms with Crippen LogP contribution < -0.4 is 15.4 Å². The van der Waals surface area contributed by atoms with Gasteiger partial charge in [-0.3, -0.25) is 4.79 Å². The Bertz CT molecular complexity index is 2310. The normalized spacial score (nSPS) is 16.6. The van der Waals surface area contributed by atoms with Crippen LogP contribution in [0.3, 0.4) is 0 Å². The molecule has 3 atom stereocenters. The summed E-state index contributed by atoms with van der Waals surface area (Å²) in [5.41, 5.74) is 1.90. The molecule has 0 spiro atoms. The maximum Gasteiger partial charge on any atom is 0.410 e. The van der Waals surface area contributed by atoms with Gasteiger partial charge in [0.25, 0.3) is 5.91 Å². The summed E-state index contributed by atoms with van der Waals surface area (Å²) in [6.07, 6.45) is 4.71. The lowest BCUT2D eigenvalue weighted by Crippen LogP contribution is -2.46. The minimum atomic E-state index is -2.40. The van der Waals surface area contributed by atoms with Crippen molar-refractivity contribution in [1.29, 1.82) is 0 Å². The first-order valence-corrected chi connectivity index (χ1v) is 26.1. The zero-order valence-electron chi connectivity index (χ0n) is 40.3. The Labute approximate surface area is 392 Å². The zero-order valence-corrected chi connectivity index (χ0v) is 41.3. The van der Waals surface area contributed by atoms with Gasteiger partial charge in [-0.25, -0.2) is 9.59 Å². The molecule has 2 aliphatic heterocycles. The summed E-state index contributed by atoms with van der Waals surface area (Å²) in [5, 5.41) is 18.6. The van der Waals surface area contributed by atoms with E-state index in [1.165, 1.54) is 0 Å². The molecule has 13 heteroatoms. The number of rotatable bonds is 18. The highest BCUT2D eigenvalue weighted by Gasteiger charge is 2.44. The molecular weight excluding hydrogens is 849 g/mol. The second-order valence-electron chi connectivity index (χ2n) is 20.0. The van der Waals surface area contributed by atoms with Crippen molar-refractivity contribution >= 4 is 38.1 Å². The number of hydrogen-bond acceptors (Lipinski definition) is 10. The molecule has 0 aliphatic carbocycles. The number of likely N-dealkylation sites (tertiary alicyclic amines) is 1. The lowest BCUT2D eigenvalue weighted by molar-refractivity contribution is -0.167. The third-order valence-electron chi connectivity index (χ3n) is 12.6. The summed E-state index contributed by atoms with van der Waals surface area (Å²) >= 11 is 0. The van der Waals surface area contributed by atoms with E-state index in [9.17, 15) is 19.5 Å². The Kier molecular flexibility index (Phi) is 16.2. The number of hydrogen-bond donors (Lipinski definition) is 3. The van der Waals surface area contributed by atoms with E-state index in [1.807, 2.05) is 70.3 Å². The van der Waals surface area contributed by atoms with E-state index in [4.69, 9.17) is 18.6 Å². The van der Waals surface area contributed by atoms with Crippen LogP contribution in [0.2, 0.25) is 18.1 Å². The van der Waals surface area contributed by atoms with Gasteiger partial charge in [-0.1, -0.05) is 112 Å². The van der Waals surface area contributed by atoms with Gasteiger partial charge in [0.15, 0.2) is 8.32 Å². The van der Waals surface area contributed by atoms with Gasteiger partial charge in [0.1, 0.15) is 24.1 Å². The van der Waals surface area contributed by atoms with Gasteiger partial charge in [-0.15, -0.1) is 0 Å². The number of fused-ring (bicyclic) bond motifs is 1. The topological polar surface area (TPSA) is 139 Å². The zero-order chi connectivity index (χ0) is 47.7. The molecule has 3 N–H and O–H groups in total. The fraction of sp³-hybridized carbons (Fsp3) is 0.453. The molecule has 12 nitrogen and oxygen atoms in total. The van der Waals surface area contributed by atoms with Crippen LogP contribution in [0.5, 0.6) is 5.75 Å². The van der Waals surface area contributed by atoms with Gasteiger partial charge >= 0.3 is 12.1 Å². The van der Waals surface area contributed by atoms with Gasteiger partial charge in [0, 0.05) is 49.4 Å². The van der Waals surface area contributed by atoms with Gasteiger partial charge in [-0.2, -0.15) is 0 Å². The van der Waals surface area contributed by atoms with Crippen molar-refractivity contribution in [2.24, 2.45) is 0 Å². The number of aliphatic hydroxyl groups is 1. The number of likely N-dealkylation sites (N-methyl/N-ethyl adjacent to an activating group) is 1. The minimum absolute atomic E-state index is 0.108. The van der Waals surface area contributed by atoms with Crippen LogP contribution in [0.1, 0.15) is 105 Å². The number of benzene rings is 4. The van der Waals surface area contributed by atoms with E-state index < -0.39 is 37.7 Å². The molecular formula is C53H70N4O8Si. The number of unbranched alkanes of at least 4 members (excludes halogenated alkanes) is 1. The first-order chi connectivity index (χ1) is 31.2. The van der Waals surface area contributed by atoms with Gasteiger partial charge in [-0.05, 0) is 100 Å². The van der Waals surface area contributed by atoms with Crippen LogP contribution in [0, 0.1) is 0 Å². The maximum absolute atomic E-state index is 14.1. The highest BCUT2D eigenvalue weighted by Crippen LogP contribution is 2.44. The third kappa shape index (κ3) is 12.7. The number of nitrogens with one attached hydrogen (secondary N) is 2. The summed E-state index contributed by atoms with van der Waals surface area (Å²) in [6, 6.07) is 29.3. The van der Waals surface area contributed by atoms with Crippen molar-refractivity contribution in [2.75, 3.05) is 51.6 Å². The Morgan fingerprint density at radius 3 is 2.27 bits per heavy atom. The molecule has 2 amide bonds. The Hall–Kier alpha value is -5.47. The number of carbonyl (C=O) groups is 3. The van der Waals surface area contributed by atoms with E-state index in [0.717, 1.165) is 34.7 Å². The molecule has 4 aromatic rings. The quantitative estimate of drug-likeness (QED) is 0.0503. The summed E-state index contributed by atoms with van der Waals surface area (Å²) in [6.45, 7) is 20.0. The third-order valence-corrected chi connectivity index (χ3v) is 17.1. The molecule has 4 aromatic carbocycles.